The van der Waals surface area contributed by atoms with Gasteiger partial charge in [-0.3, -0.25) is 0 Å². The van der Waals surface area contributed by atoms with E-state index in [1.165, 1.54) is 12.3 Å². The molecule has 0 unspecified atom stereocenters. The van der Waals surface area contributed by atoms with Crippen molar-refractivity contribution >= 4 is 5.97 Å². The molecule has 8 heavy (non-hydrogen) atoms. The molecule has 41 valence electrons. The monoisotopic (exact) mass is 111 g/mol. The van der Waals surface area contributed by atoms with Gasteiger partial charge >= 0.3 is 5.97 Å². The summed E-state index contributed by atoms with van der Waals surface area (Å²) in [5.41, 5.74) is 0.0741. The van der Waals surface area contributed by atoms with Crippen LogP contribution in [-0.2, 0) is 5.11 Å². The lowest BCUT2D eigenvalue weighted by molar-refractivity contribution is 0.0572. The average molecular weight is 111 g/mol. The van der Waals surface area contributed by atoms with E-state index in [1.54, 1.807) is 0 Å². The third-order valence-electron chi connectivity index (χ3n) is 0.757. The molecule has 0 aromatic carbocycles. The van der Waals surface area contributed by atoms with E-state index in [1.807, 2.05) is 0 Å². The van der Waals surface area contributed by atoms with Crippen LogP contribution in [0.5, 0.6) is 0 Å². The van der Waals surface area contributed by atoms with Crippen LogP contribution in [0.3, 0.4) is 0 Å². The smallest absolute Gasteiger partial charge is 0.389 e. The fraction of sp³-hybridized carbons (Fsp3) is 0. The average Bonchev–Trinajstić information content (AvgIpc) is 2.12. The molecule has 0 saturated heterocycles. The summed E-state index contributed by atoms with van der Waals surface area (Å²) in [5.74, 6) is -1.21. The van der Waals surface area contributed by atoms with Crippen molar-refractivity contribution in [3.8, 4) is 0 Å². The van der Waals surface area contributed by atoms with E-state index in [9.17, 15) is 9.90 Å². The first-order chi connectivity index (χ1) is 3.80. The van der Waals surface area contributed by atoms with Crippen LogP contribution in [0.15, 0.2) is 23.0 Å². The maximum atomic E-state index is 9.89. The maximum Gasteiger partial charge on any atom is 0.389 e. The molecule has 0 fully saturated rings. The molecule has 0 aliphatic rings. The standard InChI is InChI=1S/C5H3O3/c6-5(7)4-1-2-8-3-4/h1-3H. The van der Waals surface area contributed by atoms with Crippen LogP contribution in [0.4, 0.5) is 0 Å². The van der Waals surface area contributed by atoms with Gasteiger partial charge in [0.1, 0.15) is 11.8 Å². The van der Waals surface area contributed by atoms with E-state index in [0.717, 1.165) is 6.26 Å². The summed E-state index contributed by atoms with van der Waals surface area (Å²) >= 11 is 0. The zero-order chi connectivity index (χ0) is 5.98. The second kappa shape index (κ2) is 1.69. The summed E-state index contributed by atoms with van der Waals surface area (Å²) in [5, 5.41) is 9.89. The zero-order valence-corrected chi connectivity index (χ0v) is 3.96. The molecule has 0 amide bonds. The molecule has 1 radical (unpaired) electrons. The number of hydrogen-bond donors (Lipinski definition) is 0. The fourth-order valence-corrected chi connectivity index (χ4v) is 0.381. The van der Waals surface area contributed by atoms with Gasteiger partial charge in [-0.05, 0) is 6.07 Å². The van der Waals surface area contributed by atoms with E-state index < -0.39 is 5.97 Å². The number of hydrogen-bond acceptors (Lipinski definition) is 2. The van der Waals surface area contributed by atoms with E-state index in [2.05, 4.69) is 4.42 Å². The second-order valence-corrected chi connectivity index (χ2v) is 1.30. The molecular weight excluding hydrogens is 108 g/mol. The van der Waals surface area contributed by atoms with Crippen molar-refractivity contribution in [1.82, 2.24) is 0 Å². The third kappa shape index (κ3) is 0.703. The fourth-order valence-electron chi connectivity index (χ4n) is 0.381. The highest BCUT2D eigenvalue weighted by Crippen LogP contribution is 1.97. The summed E-state index contributed by atoms with van der Waals surface area (Å²) in [4.78, 5) is 9.89. The Kier molecular flexibility index (Phi) is 1.04. The predicted molar refractivity (Wildman–Crippen MR) is 23.7 cm³/mol. The van der Waals surface area contributed by atoms with Gasteiger partial charge in [0.2, 0.25) is 0 Å². The molecule has 0 bridgehead atoms. The Bertz CT molecular complexity index is 176. The van der Waals surface area contributed by atoms with Crippen molar-refractivity contribution in [2.24, 2.45) is 0 Å². The molecule has 0 saturated carbocycles. The molecular formula is C5H3O3. The lowest BCUT2D eigenvalue weighted by Gasteiger charge is -1.72. The largest absolute Gasteiger partial charge is 0.472 e. The van der Waals surface area contributed by atoms with Crippen molar-refractivity contribution in [2.75, 3.05) is 0 Å². The van der Waals surface area contributed by atoms with Crippen LogP contribution >= 0.6 is 0 Å². The first-order valence-electron chi connectivity index (χ1n) is 2.04. The van der Waals surface area contributed by atoms with Crippen LogP contribution in [-0.4, -0.2) is 5.97 Å². The minimum absolute atomic E-state index is 0.0741. The predicted octanol–water partition coefficient (Wildman–Crippen LogP) is 0.850. The SMILES string of the molecule is [O]C(=O)c1ccoc1. The van der Waals surface area contributed by atoms with Gasteiger partial charge in [0.15, 0.2) is 0 Å². The zero-order valence-electron chi connectivity index (χ0n) is 3.96. The number of carbonyl (C=O) groups excluding carboxylic acids is 1. The normalized spacial score (nSPS) is 9.00. The quantitative estimate of drug-likeness (QED) is 0.539. The highest BCUT2D eigenvalue weighted by atomic mass is 16.4. The Morgan fingerprint density at radius 1 is 1.62 bits per heavy atom. The molecule has 1 heterocycles. The topological polar surface area (TPSA) is 50.1 Å². The van der Waals surface area contributed by atoms with Gasteiger partial charge < -0.3 is 4.42 Å². The molecule has 0 atom stereocenters. The van der Waals surface area contributed by atoms with Gasteiger partial charge in [-0.2, -0.15) is 0 Å². The van der Waals surface area contributed by atoms with Gasteiger partial charge in [-0.25, -0.2) is 9.90 Å². The molecule has 1 rings (SSSR count). The van der Waals surface area contributed by atoms with Gasteiger partial charge in [0.05, 0.1) is 6.26 Å². The first-order valence-corrected chi connectivity index (χ1v) is 2.04. The van der Waals surface area contributed by atoms with Crippen molar-refractivity contribution in [2.45, 2.75) is 0 Å². The lowest BCUT2D eigenvalue weighted by atomic mass is 10.4. The summed E-state index contributed by atoms with van der Waals surface area (Å²) in [6.45, 7) is 0. The Hall–Kier alpha value is -1.25. The van der Waals surface area contributed by atoms with Crippen LogP contribution in [0.1, 0.15) is 10.4 Å². The van der Waals surface area contributed by atoms with Crippen LogP contribution < -0.4 is 0 Å². The van der Waals surface area contributed by atoms with Crippen LogP contribution in [0.2, 0.25) is 0 Å². The van der Waals surface area contributed by atoms with Gasteiger partial charge in [-0.15, -0.1) is 0 Å². The maximum absolute atomic E-state index is 9.89. The first kappa shape index (κ1) is 4.90. The molecule has 1 aromatic rings. The van der Waals surface area contributed by atoms with Crippen LogP contribution in [0.25, 0.3) is 0 Å². The molecule has 1 aromatic heterocycles. The van der Waals surface area contributed by atoms with Crippen LogP contribution in [0, 0.1) is 0 Å². The van der Waals surface area contributed by atoms with Gasteiger partial charge in [-0.1, -0.05) is 0 Å². The van der Waals surface area contributed by atoms with E-state index in [4.69, 9.17) is 0 Å². The Labute approximate surface area is 45.5 Å². The summed E-state index contributed by atoms with van der Waals surface area (Å²) in [7, 11) is 0. The van der Waals surface area contributed by atoms with E-state index >= 15 is 0 Å². The Balaban J connectivity index is 2.93. The summed E-state index contributed by atoms with van der Waals surface area (Å²) in [6, 6.07) is 1.33. The third-order valence-corrected chi connectivity index (χ3v) is 0.757. The summed E-state index contributed by atoms with van der Waals surface area (Å²) in [6.07, 6.45) is 2.40. The molecule has 3 nitrogen and oxygen atoms in total. The Morgan fingerprint density at radius 2 is 2.38 bits per heavy atom. The van der Waals surface area contributed by atoms with Gasteiger partial charge in [0.25, 0.3) is 0 Å². The minimum atomic E-state index is -1.21. The van der Waals surface area contributed by atoms with Crippen molar-refractivity contribution in [3.05, 3.63) is 24.2 Å². The molecule has 0 aliphatic heterocycles. The molecule has 3 heteroatoms. The van der Waals surface area contributed by atoms with Crippen molar-refractivity contribution in [3.63, 3.8) is 0 Å². The summed E-state index contributed by atoms with van der Waals surface area (Å²) < 4.78 is 4.45. The number of carbonyl (C=O) groups is 1. The minimum Gasteiger partial charge on any atom is -0.472 e. The van der Waals surface area contributed by atoms with E-state index in [-0.39, 0.29) is 5.56 Å². The highest BCUT2D eigenvalue weighted by molar-refractivity contribution is 5.86. The Morgan fingerprint density at radius 3 is 2.62 bits per heavy atom. The van der Waals surface area contributed by atoms with Crippen molar-refractivity contribution < 1.29 is 14.3 Å². The van der Waals surface area contributed by atoms with Crippen molar-refractivity contribution in [1.29, 1.82) is 0 Å². The number of furan rings is 1. The van der Waals surface area contributed by atoms with Gasteiger partial charge in [0, 0.05) is 0 Å². The van der Waals surface area contributed by atoms with E-state index in [0.29, 0.717) is 0 Å². The lowest BCUT2D eigenvalue weighted by Crippen LogP contribution is -1.88. The molecule has 0 spiro atoms. The molecule has 0 N–H and O–H groups in total. The number of rotatable bonds is 1. The second-order valence-electron chi connectivity index (χ2n) is 1.30. The molecule has 0 aliphatic carbocycles. The highest BCUT2D eigenvalue weighted by Gasteiger charge is 2.03.